The molecule has 1 aliphatic rings. The number of nitrogens with zero attached hydrogens (tertiary/aromatic N) is 2. The van der Waals surface area contributed by atoms with E-state index in [1.807, 2.05) is 30.9 Å². The molecule has 1 aliphatic heterocycles. The lowest BCUT2D eigenvalue weighted by Gasteiger charge is -2.35. The van der Waals surface area contributed by atoms with Crippen LogP contribution in [0.25, 0.3) is 11.0 Å². The number of carbonyl (C=O) groups is 1. The van der Waals surface area contributed by atoms with Crippen molar-refractivity contribution in [1.29, 1.82) is 0 Å². The van der Waals surface area contributed by atoms with Crippen LogP contribution in [0.2, 0.25) is 0 Å². The lowest BCUT2D eigenvalue weighted by Crippen LogP contribution is -2.47. The Bertz CT molecular complexity index is 924. The highest BCUT2D eigenvalue weighted by atomic mass is 32.2. The molecule has 6 nitrogen and oxygen atoms in total. The van der Waals surface area contributed by atoms with E-state index in [4.69, 9.17) is 4.42 Å². The summed E-state index contributed by atoms with van der Waals surface area (Å²) in [6, 6.07) is 4.03. The van der Waals surface area contributed by atoms with Crippen molar-refractivity contribution in [3.63, 3.8) is 0 Å². The maximum Gasteiger partial charge on any atom is 0.227 e. The second-order valence-corrected chi connectivity index (χ2v) is 9.26. The van der Waals surface area contributed by atoms with Gasteiger partial charge in [-0.05, 0) is 37.8 Å². The van der Waals surface area contributed by atoms with Crippen LogP contribution in [-0.4, -0.2) is 56.0 Å². The molecule has 0 atom stereocenters. The molecule has 7 heteroatoms. The summed E-state index contributed by atoms with van der Waals surface area (Å²) in [4.78, 5) is 14.5. The Morgan fingerprint density at radius 3 is 2.54 bits per heavy atom. The van der Waals surface area contributed by atoms with Crippen LogP contribution in [0.15, 0.2) is 22.8 Å². The lowest BCUT2D eigenvalue weighted by molar-refractivity contribution is -0.131. The van der Waals surface area contributed by atoms with E-state index >= 15 is 0 Å². The van der Waals surface area contributed by atoms with Gasteiger partial charge in [0.05, 0.1) is 18.9 Å². The van der Waals surface area contributed by atoms with Gasteiger partial charge in [-0.1, -0.05) is 12.1 Å². The van der Waals surface area contributed by atoms with Crippen molar-refractivity contribution in [1.82, 2.24) is 9.21 Å². The second kappa shape index (κ2) is 7.04. The largest absolute Gasteiger partial charge is 0.464 e. The number of furan rings is 1. The molecule has 0 spiro atoms. The monoisotopic (exact) mass is 378 g/mol. The third-order valence-corrected chi connectivity index (χ3v) is 6.88. The highest BCUT2D eigenvalue weighted by Crippen LogP contribution is 2.27. The Morgan fingerprint density at radius 2 is 1.92 bits per heavy atom. The van der Waals surface area contributed by atoms with Crippen LogP contribution in [-0.2, 0) is 21.2 Å². The Kier molecular flexibility index (Phi) is 5.12. The highest BCUT2D eigenvalue weighted by molar-refractivity contribution is 7.88. The minimum absolute atomic E-state index is 0.0329. The van der Waals surface area contributed by atoms with Crippen molar-refractivity contribution in [3.05, 3.63) is 35.1 Å². The summed E-state index contributed by atoms with van der Waals surface area (Å²) in [6.07, 6.45) is 4.54. The van der Waals surface area contributed by atoms with Gasteiger partial charge in [-0.25, -0.2) is 12.7 Å². The number of carbonyl (C=O) groups excluding carboxylic acids is 1. The van der Waals surface area contributed by atoms with Gasteiger partial charge < -0.3 is 9.32 Å². The van der Waals surface area contributed by atoms with Crippen LogP contribution in [0, 0.1) is 13.8 Å². The topological polar surface area (TPSA) is 70.8 Å². The van der Waals surface area contributed by atoms with Crippen molar-refractivity contribution in [2.75, 3.05) is 26.4 Å². The van der Waals surface area contributed by atoms with Crippen molar-refractivity contribution in [2.45, 2.75) is 39.2 Å². The van der Waals surface area contributed by atoms with E-state index in [9.17, 15) is 13.2 Å². The zero-order valence-corrected chi connectivity index (χ0v) is 16.6. The number of aryl methyl sites for hydroxylation is 2. The number of rotatable bonds is 4. The van der Waals surface area contributed by atoms with E-state index in [1.165, 1.54) is 16.1 Å². The third-order valence-electron chi connectivity index (χ3n) is 5.54. The van der Waals surface area contributed by atoms with Gasteiger partial charge in [0, 0.05) is 37.1 Å². The third kappa shape index (κ3) is 3.64. The van der Waals surface area contributed by atoms with Gasteiger partial charge in [0.2, 0.25) is 15.9 Å². The molecule has 3 rings (SSSR count). The summed E-state index contributed by atoms with van der Waals surface area (Å²) >= 11 is 0. The minimum Gasteiger partial charge on any atom is -0.464 e. The number of hydrogen-bond donors (Lipinski definition) is 0. The number of likely N-dealkylation sites (tertiary alicyclic amines) is 1. The average Bonchev–Trinajstić information content (AvgIpc) is 3.00. The molecule has 1 fully saturated rings. The maximum absolute atomic E-state index is 12.7. The average molecular weight is 378 g/mol. The zero-order valence-electron chi connectivity index (χ0n) is 15.8. The molecule has 2 heterocycles. The molecular formula is C19H26N2O4S. The van der Waals surface area contributed by atoms with Gasteiger partial charge >= 0.3 is 0 Å². The first-order valence-electron chi connectivity index (χ1n) is 8.85. The Hall–Kier alpha value is -1.86. The fourth-order valence-electron chi connectivity index (χ4n) is 3.55. The number of sulfonamides is 1. The molecule has 142 valence electrons. The van der Waals surface area contributed by atoms with Crippen molar-refractivity contribution < 1.29 is 17.6 Å². The second-order valence-electron chi connectivity index (χ2n) is 7.21. The molecule has 0 bridgehead atoms. The molecule has 0 N–H and O–H groups in total. The van der Waals surface area contributed by atoms with Gasteiger partial charge in [-0.2, -0.15) is 0 Å². The predicted molar refractivity (Wildman–Crippen MR) is 102 cm³/mol. The van der Waals surface area contributed by atoms with Crippen LogP contribution in [0.3, 0.4) is 0 Å². The van der Waals surface area contributed by atoms with Gasteiger partial charge in [0.25, 0.3) is 0 Å². The van der Waals surface area contributed by atoms with Crippen LogP contribution < -0.4 is 0 Å². The molecule has 0 radical (unpaired) electrons. The highest BCUT2D eigenvalue weighted by Gasteiger charge is 2.29. The van der Waals surface area contributed by atoms with E-state index in [0.717, 1.165) is 22.1 Å². The molecular weight excluding hydrogens is 352 g/mol. The number of hydrogen-bond acceptors (Lipinski definition) is 4. The zero-order chi connectivity index (χ0) is 19.1. The summed E-state index contributed by atoms with van der Waals surface area (Å²) in [7, 11) is -1.59. The molecule has 0 saturated carbocycles. The summed E-state index contributed by atoms with van der Waals surface area (Å²) < 4.78 is 30.4. The van der Waals surface area contributed by atoms with Crippen LogP contribution in [0.4, 0.5) is 0 Å². The smallest absolute Gasteiger partial charge is 0.227 e. The molecule has 1 amide bonds. The number of amides is 1. The fourth-order valence-corrected chi connectivity index (χ4v) is 4.30. The van der Waals surface area contributed by atoms with Gasteiger partial charge in [-0.3, -0.25) is 4.79 Å². The summed E-state index contributed by atoms with van der Waals surface area (Å²) in [5.41, 5.74) is 4.03. The van der Waals surface area contributed by atoms with Crippen molar-refractivity contribution >= 4 is 26.9 Å². The fraction of sp³-hybridized carbons (Fsp3) is 0.526. The first-order valence-corrected chi connectivity index (χ1v) is 10.7. The number of benzene rings is 1. The van der Waals surface area contributed by atoms with E-state index in [1.54, 1.807) is 13.3 Å². The lowest BCUT2D eigenvalue weighted by atomic mass is 10.0. The summed E-state index contributed by atoms with van der Waals surface area (Å²) in [6.45, 7) is 5.23. The minimum atomic E-state index is -3.20. The van der Waals surface area contributed by atoms with Crippen molar-refractivity contribution in [3.8, 4) is 0 Å². The molecule has 1 aromatic carbocycles. The number of piperidine rings is 1. The Labute approximate surface area is 154 Å². The van der Waals surface area contributed by atoms with E-state index < -0.39 is 10.0 Å². The van der Waals surface area contributed by atoms with E-state index in [2.05, 4.69) is 0 Å². The molecule has 1 saturated heterocycles. The normalized spacial score (nSPS) is 16.6. The molecule has 26 heavy (non-hydrogen) atoms. The van der Waals surface area contributed by atoms with Gasteiger partial charge in [0.15, 0.2) is 0 Å². The summed E-state index contributed by atoms with van der Waals surface area (Å²) in [5, 5.41) is 0.994. The SMILES string of the molecule is Cc1ccc2c(CC(=O)N3CCC(N(C)S(C)(=O)=O)CC3)coc2c1C. The Morgan fingerprint density at radius 1 is 1.27 bits per heavy atom. The number of fused-ring (bicyclic) bond motifs is 1. The first kappa shape index (κ1) is 18.9. The summed E-state index contributed by atoms with van der Waals surface area (Å²) in [5.74, 6) is 0.0615. The quantitative estimate of drug-likeness (QED) is 0.819. The molecule has 0 unspecified atom stereocenters. The van der Waals surface area contributed by atoms with Crippen LogP contribution in [0.5, 0.6) is 0 Å². The van der Waals surface area contributed by atoms with Crippen molar-refractivity contribution in [2.24, 2.45) is 0 Å². The molecule has 2 aromatic rings. The van der Waals surface area contributed by atoms with Gasteiger partial charge in [-0.15, -0.1) is 0 Å². The maximum atomic E-state index is 12.7. The Balaban J connectivity index is 1.66. The van der Waals surface area contributed by atoms with Crippen LogP contribution in [0.1, 0.15) is 29.5 Å². The van der Waals surface area contributed by atoms with Crippen LogP contribution >= 0.6 is 0 Å². The standard InChI is InChI=1S/C19H26N2O4S/c1-13-5-6-17-15(12-25-19(17)14(13)2)11-18(22)21-9-7-16(8-10-21)20(3)26(4,23)24/h5-6,12,16H,7-11H2,1-4H3. The molecule has 0 aliphatic carbocycles. The molecule has 1 aromatic heterocycles. The van der Waals surface area contributed by atoms with Gasteiger partial charge in [0.1, 0.15) is 5.58 Å². The van der Waals surface area contributed by atoms with E-state index in [-0.39, 0.29) is 11.9 Å². The predicted octanol–water partition coefficient (Wildman–Crippen LogP) is 2.47. The van der Waals surface area contributed by atoms with E-state index in [0.29, 0.717) is 32.4 Å². The first-order chi connectivity index (χ1) is 12.2.